The number of carboxylic acid groups (broad SMARTS) is 1. The van der Waals surface area contributed by atoms with Crippen LogP contribution in [0.3, 0.4) is 0 Å². The van der Waals surface area contributed by atoms with Crippen LogP contribution in [0.4, 0.5) is 0 Å². The fourth-order valence-corrected chi connectivity index (χ4v) is 1.76. The third kappa shape index (κ3) is 1.59. The summed E-state index contributed by atoms with van der Waals surface area (Å²) in [5.74, 6) is -1.07. The summed E-state index contributed by atoms with van der Waals surface area (Å²) in [7, 11) is 0. The Morgan fingerprint density at radius 3 is 2.88 bits per heavy atom. The van der Waals surface area contributed by atoms with E-state index in [1.54, 1.807) is 18.2 Å². The number of aliphatic carboxylic acids is 1. The van der Waals surface area contributed by atoms with Crippen molar-refractivity contribution in [3.63, 3.8) is 0 Å². The lowest BCUT2D eigenvalue weighted by atomic mass is 10.3. The van der Waals surface area contributed by atoms with Crippen molar-refractivity contribution >= 4 is 28.6 Å². The van der Waals surface area contributed by atoms with Crippen LogP contribution in [0.25, 0.3) is 11.0 Å². The first-order valence-electron chi connectivity index (χ1n) is 4.63. The molecule has 1 atom stereocenters. The lowest BCUT2D eigenvalue weighted by Gasteiger charge is -2.07. The monoisotopic (exact) mass is 240 g/mol. The van der Waals surface area contributed by atoms with Crippen LogP contribution in [0.2, 0.25) is 5.02 Å². The van der Waals surface area contributed by atoms with Crippen molar-refractivity contribution in [2.75, 3.05) is 0 Å². The molecule has 1 aromatic carbocycles. The van der Waals surface area contributed by atoms with Crippen molar-refractivity contribution in [3.05, 3.63) is 33.7 Å². The van der Waals surface area contributed by atoms with Gasteiger partial charge in [0.15, 0.2) is 0 Å². The topological polar surface area (TPSA) is 75.1 Å². The van der Waals surface area contributed by atoms with E-state index in [1.165, 1.54) is 11.5 Å². The number of aromatic amines is 1. The number of hydrogen-bond acceptors (Lipinski definition) is 2. The highest BCUT2D eigenvalue weighted by molar-refractivity contribution is 6.31. The zero-order chi connectivity index (χ0) is 11.9. The minimum Gasteiger partial charge on any atom is -0.480 e. The van der Waals surface area contributed by atoms with Gasteiger partial charge in [0.25, 0.3) is 0 Å². The lowest BCUT2D eigenvalue weighted by molar-refractivity contribution is -0.140. The van der Waals surface area contributed by atoms with E-state index in [0.717, 1.165) is 0 Å². The molecule has 0 saturated heterocycles. The molecule has 84 valence electrons. The summed E-state index contributed by atoms with van der Waals surface area (Å²) >= 11 is 5.81. The normalized spacial score (nSPS) is 12.9. The lowest BCUT2D eigenvalue weighted by Crippen LogP contribution is -2.25. The standard InChI is InChI=1S/C10H9ClN2O3/c1-5(9(14)15)13-8-4-6(11)2-3-7(8)12-10(13)16/h2-5H,1H3,(H,12,16)(H,14,15). The molecule has 1 aromatic heterocycles. The largest absolute Gasteiger partial charge is 0.480 e. The van der Waals surface area contributed by atoms with Crippen LogP contribution in [0, 0.1) is 0 Å². The maximum atomic E-state index is 11.6. The van der Waals surface area contributed by atoms with Gasteiger partial charge in [-0.15, -0.1) is 0 Å². The number of nitrogens with one attached hydrogen (secondary N) is 1. The van der Waals surface area contributed by atoms with E-state index in [9.17, 15) is 9.59 Å². The Kier molecular flexibility index (Phi) is 2.47. The Bertz CT molecular complexity index is 614. The molecule has 6 heteroatoms. The summed E-state index contributed by atoms with van der Waals surface area (Å²) in [6.07, 6.45) is 0. The van der Waals surface area contributed by atoms with Gasteiger partial charge in [-0.05, 0) is 25.1 Å². The van der Waals surface area contributed by atoms with Crippen molar-refractivity contribution < 1.29 is 9.90 Å². The average Bonchev–Trinajstić information content (AvgIpc) is 2.52. The van der Waals surface area contributed by atoms with E-state index in [2.05, 4.69) is 4.98 Å². The van der Waals surface area contributed by atoms with Crippen LogP contribution in [0.1, 0.15) is 13.0 Å². The first-order valence-corrected chi connectivity index (χ1v) is 5.01. The van der Waals surface area contributed by atoms with E-state index in [0.29, 0.717) is 16.1 Å². The molecule has 0 aliphatic carbocycles. The summed E-state index contributed by atoms with van der Waals surface area (Å²) in [5.41, 5.74) is 0.613. The Balaban J connectivity index is 2.77. The summed E-state index contributed by atoms with van der Waals surface area (Å²) in [4.78, 5) is 25.0. The molecule has 2 rings (SSSR count). The number of hydrogen-bond donors (Lipinski definition) is 2. The van der Waals surface area contributed by atoms with Crippen molar-refractivity contribution in [1.82, 2.24) is 9.55 Å². The summed E-state index contributed by atoms with van der Waals surface area (Å²) in [5, 5.41) is 9.36. The quantitative estimate of drug-likeness (QED) is 0.838. The molecule has 0 saturated carbocycles. The number of H-pyrrole nitrogens is 1. The molecule has 2 N–H and O–H groups in total. The number of halogens is 1. The fourth-order valence-electron chi connectivity index (χ4n) is 1.59. The number of carbonyl (C=O) groups is 1. The van der Waals surface area contributed by atoms with Gasteiger partial charge in [0, 0.05) is 5.02 Å². The van der Waals surface area contributed by atoms with Gasteiger partial charge in [-0.2, -0.15) is 0 Å². The van der Waals surface area contributed by atoms with E-state index < -0.39 is 17.7 Å². The molecule has 2 aromatic rings. The first kappa shape index (κ1) is 10.8. The van der Waals surface area contributed by atoms with Crippen LogP contribution in [-0.2, 0) is 4.79 Å². The predicted octanol–water partition coefficient (Wildman–Crippen LogP) is 1.63. The average molecular weight is 241 g/mol. The molecule has 5 nitrogen and oxygen atoms in total. The second kappa shape index (κ2) is 3.68. The number of rotatable bonds is 2. The van der Waals surface area contributed by atoms with E-state index in [4.69, 9.17) is 16.7 Å². The van der Waals surface area contributed by atoms with Crippen LogP contribution < -0.4 is 5.69 Å². The second-order valence-corrected chi connectivity index (χ2v) is 3.91. The van der Waals surface area contributed by atoms with Gasteiger partial charge < -0.3 is 10.1 Å². The number of nitrogens with zero attached hydrogens (tertiary/aromatic N) is 1. The second-order valence-electron chi connectivity index (χ2n) is 3.48. The third-order valence-electron chi connectivity index (χ3n) is 2.42. The summed E-state index contributed by atoms with van der Waals surface area (Å²) < 4.78 is 1.17. The minimum absolute atomic E-state index is 0.452. The Hall–Kier alpha value is -1.75. The van der Waals surface area contributed by atoms with Gasteiger partial charge in [0.2, 0.25) is 0 Å². The highest BCUT2D eigenvalue weighted by Crippen LogP contribution is 2.19. The highest BCUT2D eigenvalue weighted by atomic mass is 35.5. The number of benzene rings is 1. The molecule has 0 bridgehead atoms. The van der Waals surface area contributed by atoms with E-state index in [-0.39, 0.29) is 0 Å². The van der Waals surface area contributed by atoms with Crippen LogP contribution in [0.5, 0.6) is 0 Å². The van der Waals surface area contributed by atoms with Crippen molar-refractivity contribution in [2.24, 2.45) is 0 Å². The van der Waals surface area contributed by atoms with Crippen LogP contribution >= 0.6 is 11.6 Å². The van der Waals surface area contributed by atoms with Crippen molar-refractivity contribution in [1.29, 1.82) is 0 Å². The first-order chi connectivity index (χ1) is 7.50. The Morgan fingerprint density at radius 2 is 2.25 bits per heavy atom. The smallest absolute Gasteiger partial charge is 0.327 e. The van der Waals surface area contributed by atoms with Gasteiger partial charge >= 0.3 is 11.7 Å². The van der Waals surface area contributed by atoms with Gasteiger partial charge in [0.05, 0.1) is 11.0 Å². The van der Waals surface area contributed by atoms with E-state index >= 15 is 0 Å². The van der Waals surface area contributed by atoms with Gasteiger partial charge in [-0.3, -0.25) is 4.57 Å². The molecular weight excluding hydrogens is 232 g/mol. The molecule has 0 aliphatic rings. The molecule has 0 amide bonds. The SMILES string of the molecule is CC(C(=O)O)n1c(=O)[nH]c2ccc(Cl)cc21. The molecule has 1 heterocycles. The summed E-state index contributed by atoms with van der Waals surface area (Å²) in [6.45, 7) is 1.44. The number of carboxylic acids is 1. The zero-order valence-electron chi connectivity index (χ0n) is 8.40. The maximum Gasteiger partial charge on any atom is 0.327 e. The molecular formula is C10H9ClN2O3. The minimum atomic E-state index is -1.07. The molecule has 1 unspecified atom stereocenters. The molecule has 16 heavy (non-hydrogen) atoms. The zero-order valence-corrected chi connectivity index (χ0v) is 9.15. The van der Waals surface area contributed by atoms with E-state index in [1.807, 2.05) is 0 Å². The Morgan fingerprint density at radius 1 is 1.56 bits per heavy atom. The highest BCUT2D eigenvalue weighted by Gasteiger charge is 2.18. The van der Waals surface area contributed by atoms with Gasteiger partial charge in [-0.1, -0.05) is 11.6 Å². The Labute approximate surface area is 95.3 Å². The molecule has 0 fully saturated rings. The maximum absolute atomic E-state index is 11.6. The molecule has 0 spiro atoms. The molecule has 0 aliphatic heterocycles. The summed E-state index contributed by atoms with van der Waals surface area (Å²) in [6, 6.07) is 3.91. The molecule has 0 radical (unpaired) electrons. The van der Waals surface area contributed by atoms with Crippen LogP contribution in [-0.4, -0.2) is 20.6 Å². The van der Waals surface area contributed by atoms with Crippen molar-refractivity contribution in [2.45, 2.75) is 13.0 Å². The number of aromatic nitrogens is 2. The predicted molar refractivity (Wildman–Crippen MR) is 59.9 cm³/mol. The van der Waals surface area contributed by atoms with Gasteiger partial charge in [-0.25, -0.2) is 9.59 Å². The number of fused-ring (bicyclic) bond motifs is 1. The third-order valence-corrected chi connectivity index (χ3v) is 2.66. The van der Waals surface area contributed by atoms with Gasteiger partial charge in [0.1, 0.15) is 6.04 Å². The van der Waals surface area contributed by atoms with Crippen LogP contribution in [0.15, 0.2) is 23.0 Å². The number of imidazole rings is 1. The fraction of sp³-hybridized carbons (Fsp3) is 0.200. The van der Waals surface area contributed by atoms with Crippen molar-refractivity contribution in [3.8, 4) is 0 Å².